The maximum absolute atomic E-state index is 13.5. The highest BCUT2D eigenvalue weighted by atomic mass is 32.2. The molecule has 0 radical (unpaired) electrons. The molecule has 8 nitrogen and oxygen atoms in total. The molecule has 1 unspecified atom stereocenters. The minimum absolute atomic E-state index is 0.0271. The van der Waals surface area contributed by atoms with Crippen molar-refractivity contribution in [3.05, 3.63) is 41.6 Å². The van der Waals surface area contributed by atoms with Crippen LogP contribution in [0, 0.1) is 6.92 Å². The van der Waals surface area contributed by atoms with Gasteiger partial charge in [0.25, 0.3) is 5.91 Å². The van der Waals surface area contributed by atoms with Crippen LogP contribution in [0.4, 0.5) is 0 Å². The minimum atomic E-state index is -3.09. The van der Waals surface area contributed by atoms with E-state index < -0.39 is 9.84 Å². The third-order valence-corrected chi connectivity index (χ3v) is 8.13. The van der Waals surface area contributed by atoms with Crippen molar-refractivity contribution in [3.63, 3.8) is 0 Å². The highest BCUT2D eigenvalue weighted by molar-refractivity contribution is 7.91. The molecule has 0 aliphatic carbocycles. The van der Waals surface area contributed by atoms with Crippen molar-refractivity contribution < 1.29 is 17.9 Å². The van der Waals surface area contributed by atoms with E-state index in [9.17, 15) is 13.2 Å². The van der Waals surface area contributed by atoms with E-state index in [0.29, 0.717) is 40.2 Å². The van der Waals surface area contributed by atoms with E-state index in [4.69, 9.17) is 9.72 Å². The third kappa shape index (κ3) is 3.64. The first-order valence-corrected chi connectivity index (χ1v) is 12.7. The Morgan fingerprint density at radius 3 is 2.66 bits per heavy atom. The van der Waals surface area contributed by atoms with Gasteiger partial charge in [0.1, 0.15) is 5.75 Å². The number of nitrogens with zero attached hydrogens (tertiary/aromatic N) is 4. The lowest BCUT2D eigenvalue weighted by molar-refractivity contribution is 0.0794. The number of amides is 1. The number of methoxy groups -OCH3 is 1. The van der Waals surface area contributed by atoms with Gasteiger partial charge in [-0.25, -0.2) is 18.1 Å². The van der Waals surface area contributed by atoms with Crippen molar-refractivity contribution in [1.29, 1.82) is 0 Å². The molecule has 0 saturated carbocycles. The van der Waals surface area contributed by atoms with E-state index in [-0.39, 0.29) is 23.5 Å². The van der Waals surface area contributed by atoms with Gasteiger partial charge in [-0.1, -0.05) is 12.1 Å². The zero-order valence-electron chi connectivity index (χ0n) is 18.2. The fourth-order valence-corrected chi connectivity index (χ4v) is 6.42. The van der Waals surface area contributed by atoms with Crippen molar-refractivity contribution in [2.24, 2.45) is 0 Å². The van der Waals surface area contributed by atoms with Crippen LogP contribution >= 0.6 is 0 Å². The largest absolute Gasteiger partial charge is 0.497 e. The third-order valence-electron chi connectivity index (χ3n) is 6.38. The summed E-state index contributed by atoms with van der Waals surface area (Å²) in [5.74, 6) is 0.862. The summed E-state index contributed by atoms with van der Waals surface area (Å²) < 4.78 is 31.3. The second-order valence-corrected chi connectivity index (χ2v) is 10.8. The number of hydrogen-bond donors (Lipinski definition) is 0. The summed E-state index contributed by atoms with van der Waals surface area (Å²) in [6, 6.07) is 9.10. The summed E-state index contributed by atoms with van der Waals surface area (Å²) in [6.07, 6.45) is 2.50. The van der Waals surface area contributed by atoms with Crippen LogP contribution in [0.5, 0.6) is 5.75 Å². The molecule has 0 spiro atoms. The van der Waals surface area contributed by atoms with E-state index in [1.807, 2.05) is 42.2 Å². The number of fused-ring (bicyclic) bond motifs is 1. The number of aryl methyl sites for hydroxylation is 1. The Morgan fingerprint density at radius 1 is 1.19 bits per heavy atom. The first-order valence-electron chi connectivity index (χ1n) is 10.9. The second kappa shape index (κ2) is 7.88. The van der Waals surface area contributed by atoms with Gasteiger partial charge in [0.15, 0.2) is 15.5 Å². The Kier molecular flexibility index (Phi) is 5.16. The maximum Gasteiger partial charge on any atom is 0.254 e. The topological polar surface area (TPSA) is 94.4 Å². The predicted molar refractivity (Wildman–Crippen MR) is 122 cm³/mol. The van der Waals surface area contributed by atoms with Gasteiger partial charge >= 0.3 is 0 Å². The van der Waals surface area contributed by atoms with Crippen LogP contribution in [0.1, 0.15) is 41.4 Å². The van der Waals surface area contributed by atoms with Crippen molar-refractivity contribution in [2.75, 3.05) is 31.7 Å². The van der Waals surface area contributed by atoms with Crippen LogP contribution in [0.15, 0.2) is 30.3 Å². The molecule has 4 heterocycles. The van der Waals surface area contributed by atoms with Gasteiger partial charge in [-0.3, -0.25) is 4.79 Å². The zero-order valence-corrected chi connectivity index (χ0v) is 19.1. The molecule has 1 aromatic carbocycles. The molecule has 2 aliphatic rings. The summed E-state index contributed by atoms with van der Waals surface area (Å²) in [4.78, 5) is 20.3. The van der Waals surface area contributed by atoms with Crippen molar-refractivity contribution in [3.8, 4) is 17.0 Å². The summed E-state index contributed by atoms with van der Waals surface area (Å²) in [5.41, 5.74) is 3.29. The number of likely N-dealkylation sites (tertiary alicyclic amines) is 1. The lowest BCUT2D eigenvalue weighted by atomic mass is 10.0. The van der Waals surface area contributed by atoms with Gasteiger partial charge in [-0.2, -0.15) is 5.10 Å². The van der Waals surface area contributed by atoms with Crippen molar-refractivity contribution >= 4 is 26.8 Å². The van der Waals surface area contributed by atoms with Gasteiger partial charge < -0.3 is 9.64 Å². The molecule has 168 valence electrons. The molecular weight excluding hydrogens is 428 g/mol. The summed E-state index contributed by atoms with van der Waals surface area (Å²) in [5, 5.41) is 5.38. The van der Waals surface area contributed by atoms with E-state index in [1.165, 1.54) is 0 Å². The lowest BCUT2D eigenvalue weighted by Gasteiger charge is -2.17. The number of carbonyl (C=O) groups excluding carboxylic acids is 1. The van der Waals surface area contributed by atoms with E-state index in [0.717, 1.165) is 31.5 Å². The average molecular weight is 455 g/mol. The van der Waals surface area contributed by atoms with Gasteiger partial charge in [0, 0.05) is 18.7 Å². The van der Waals surface area contributed by atoms with Crippen LogP contribution in [0.2, 0.25) is 0 Å². The summed E-state index contributed by atoms with van der Waals surface area (Å²) in [6.45, 7) is 3.34. The number of aromatic nitrogens is 3. The van der Waals surface area contributed by atoms with E-state index >= 15 is 0 Å². The molecule has 3 aromatic rings. The molecule has 5 rings (SSSR count). The van der Waals surface area contributed by atoms with Crippen LogP contribution in [0.3, 0.4) is 0 Å². The SMILES string of the molecule is COc1cccc(-c2cc(C(=O)N3CCCC3)c3c(C)nn(C4CCS(=O)(=O)C4)c3n2)c1. The van der Waals surface area contributed by atoms with E-state index in [1.54, 1.807) is 11.8 Å². The van der Waals surface area contributed by atoms with Crippen LogP contribution in [0.25, 0.3) is 22.3 Å². The molecule has 9 heteroatoms. The molecule has 2 saturated heterocycles. The fraction of sp³-hybridized carbons (Fsp3) is 0.435. The molecule has 32 heavy (non-hydrogen) atoms. The molecule has 2 fully saturated rings. The van der Waals surface area contributed by atoms with Gasteiger partial charge in [-0.15, -0.1) is 0 Å². The number of sulfone groups is 1. The van der Waals surface area contributed by atoms with Crippen LogP contribution < -0.4 is 4.74 Å². The molecule has 0 bridgehead atoms. The van der Waals surface area contributed by atoms with Gasteiger partial charge in [0.2, 0.25) is 0 Å². The Morgan fingerprint density at radius 2 is 1.97 bits per heavy atom. The van der Waals surface area contributed by atoms with Crippen molar-refractivity contribution in [2.45, 2.75) is 32.2 Å². The summed E-state index contributed by atoms with van der Waals surface area (Å²) >= 11 is 0. The van der Waals surface area contributed by atoms with E-state index in [2.05, 4.69) is 5.10 Å². The normalized spacial score (nSPS) is 20.2. The minimum Gasteiger partial charge on any atom is -0.497 e. The Labute approximate surface area is 187 Å². The van der Waals surface area contributed by atoms with Crippen molar-refractivity contribution in [1.82, 2.24) is 19.7 Å². The number of ether oxygens (including phenoxy) is 1. The number of carbonyl (C=O) groups is 1. The Hall–Kier alpha value is -2.94. The highest BCUT2D eigenvalue weighted by Gasteiger charge is 2.33. The smallest absolute Gasteiger partial charge is 0.254 e. The number of pyridine rings is 1. The zero-order chi connectivity index (χ0) is 22.5. The molecule has 0 N–H and O–H groups in total. The number of benzene rings is 1. The first kappa shape index (κ1) is 20.9. The quantitative estimate of drug-likeness (QED) is 0.602. The van der Waals surface area contributed by atoms with Crippen LogP contribution in [-0.4, -0.2) is 65.7 Å². The molecule has 1 atom stereocenters. The van der Waals surface area contributed by atoms with Gasteiger partial charge in [0.05, 0.1) is 47.0 Å². The Balaban J connectivity index is 1.72. The fourth-order valence-electron chi connectivity index (χ4n) is 4.73. The number of rotatable bonds is 4. The standard InChI is InChI=1S/C23H26N4O4S/c1-15-21-19(23(28)26-9-3-4-10-26)13-20(16-6-5-7-18(12-16)31-2)24-22(21)27(25-15)17-8-11-32(29,30)14-17/h5-7,12-13,17H,3-4,8-11,14H2,1-2H3. The molecule has 2 aliphatic heterocycles. The summed E-state index contributed by atoms with van der Waals surface area (Å²) in [7, 11) is -1.49. The molecule has 1 amide bonds. The average Bonchev–Trinajstić information content (AvgIpc) is 3.52. The lowest BCUT2D eigenvalue weighted by Crippen LogP contribution is -2.28. The second-order valence-electron chi connectivity index (χ2n) is 8.57. The Bertz CT molecular complexity index is 1310. The number of hydrogen-bond acceptors (Lipinski definition) is 6. The predicted octanol–water partition coefficient (Wildman–Crippen LogP) is 3.01. The first-order chi connectivity index (χ1) is 15.4. The molecular formula is C23H26N4O4S. The monoisotopic (exact) mass is 454 g/mol. The van der Waals surface area contributed by atoms with Gasteiger partial charge in [-0.05, 0) is 44.4 Å². The highest BCUT2D eigenvalue weighted by Crippen LogP contribution is 2.33. The molecule has 2 aromatic heterocycles. The van der Waals surface area contributed by atoms with Crippen LogP contribution in [-0.2, 0) is 9.84 Å². The maximum atomic E-state index is 13.5.